The van der Waals surface area contributed by atoms with Crippen LogP contribution in [0.3, 0.4) is 0 Å². The lowest BCUT2D eigenvalue weighted by Gasteiger charge is -2.07. The Bertz CT molecular complexity index is 1090. The van der Waals surface area contributed by atoms with E-state index in [1.54, 1.807) is 42.1 Å². The van der Waals surface area contributed by atoms with Crippen LogP contribution in [0.5, 0.6) is 0 Å². The van der Waals surface area contributed by atoms with Crippen molar-refractivity contribution in [1.82, 2.24) is 19.7 Å². The van der Waals surface area contributed by atoms with Crippen molar-refractivity contribution in [2.45, 2.75) is 6.92 Å². The van der Waals surface area contributed by atoms with E-state index in [1.807, 2.05) is 6.07 Å². The number of imide groups is 1. The van der Waals surface area contributed by atoms with Gasteiger partial charge >= 0.3 is 0 Å². The highest BCUT2D eigenvalue weighted by Crippen LogP contribution is 2.25. The van der Waals surface area contributed by atoms with Crippen molar-refractivity contribution in [3.63, 3.8) is 0 Å². The Balaban J connectivity index is 1.60. The van der Waals surface area contributed by atoms with Gasteiger partial charge in [0.15, 0.2) is 5.82 Å². The zero-order valence-electron chi connectivity index (χ0n) is 14.6. The molecule has 134 valence electrons. The van der Waals surface area contributed by atoms with Crippen LogP contribution < -0.4 is 5.32 Å². The lowest BCUT2D eigenvalue weighted by atomic mass is 10.1. The highest BCUT2D eigenvalue weighted by Gasteiger charge is 2.32. The third-order valence-electron chi connectivity index (χ3n) is 4.47. The fourth-order valence-corrected chi connectivity index (χ4v) is 2.98. The van der Waals surface area contributed by atoms with Crippen LogP contribution in [-0.2, 0) is 0 Å². The minimum atomic E-state index is -0.384. The molecule has 2 aromatic heterocycles. The van der Waals surface area contributed by atoms with Gasteiger partial charge in [-0.2, -0.15) is 5.10 Å². The van der Waals surface area contributed by atoms with Crippen molar-refractivity contribution >= 4 is 23.4 Å². The number of nitrogens with one attached hydrogen (secondary N) is 1. The van der Waals surface area contributed by atoms with Gasteiger partial charge in [-0.1, -0.05) is 6.07 Å². The van der Waals surface area contributed by atoms with Crippen LogP contribution in [0, 0.1) is 6.92 Å². The molecule has 0 bridgehead atoms. The number of pyridine rings is 1. The number of fused-ring (bicyclic) bond motifs is 1. The average Bonchev–Trinajstić information content (AvgIpc) is 3.16. The average molecular weight is 361 g/mol. The number of rotatable bonds is 3. The van der Waals surface area contributed by atoms with E-state index in [-0.39, 0.29) is 23.3 Å². The summed E-state index contributed by atoms with van der Waals surface area (Å²) in [5, 5.41) is 6.98. The van der Waals surface area contributed by atoms with E-state index in [2.05, 4.69) is 15.4 Å². The lowest BCUT2D eigenvalue weighted by molar-refractivity contribution is 0.0692. The van der Waals surface area contributed by atoms with Crippen LogP contribution >= 0.6 is 0 Å². The quantitative estimate of drug-likeness (QED) is 0.720. The van der Waals surface area contributed by atoms with E-state index in [1.165, 1.54) is 19.3 Å². The van der Waals surface area contributed by atoms with E-state index in [9.17, 15) is 14.4 Å². The Morgan fingerprint density at radius 3 is 2.59 bits per heavy atom. The fourth-order valence-electron chi connectivity index (χ4n) is 2.98. The van der Waals surface area contributed by atoms with Gasteiger partial charge in [0.25, 0.3) is 17.7 Å². The molecule has 1 N–H and O–H groups in total. The number of carbonyl (C=O) groups is 3. The molecule has 8 nitrogen and oxygen atoms in total. The molecule has 0 saturated heterocycles. The maximum absolute atomic E-state index is 12.6. The molecule has 0 saturated carbocycles. The van der Waals surface area contributed by atoms with E-state index < -0.39 is 0 Å². The van der Waals surface area contributed by atoms with Gasteiger partial charge in [-0.25, -0.2) is 9.67 Å². The molecule has 3 heterocycles. The highest BCUT2D eigenvalue weighted by atomic mass is 16.2. The number of aromatic nitrogens is 3. The molecule has 27 heavy (non-hydrogen) atoms. The molecular formula is C19H15N5O3. The zero-order chi connectivity index (χ0) is 19.1. The second-order valence-corrected chi connectivity index (χ2v) is 6.13. The fraction of sp³-hybridized carbons (Fsp3) is 0.105. The molecule has 0 aliphatic carbocycles. The molecule has 0 unspecified atom stereocenters. The predicted octanol–water partition coefficient (Wildman–Crippen LogP) is 2.05. The van der Waals surface area contributed by atoms with Crippen molar-refractivity contribution in [1.29, 1.82) is 0 Å². The molecule has 1 aliphatic rings. The number of carbonyl (C=O) groups excluding carboxylic acids is 3. The van der Waals surface area contributed by atoms with Gasteiger partial charge in [-0.3, -0.25) is 19.3 Å². The van der Waals surface area contributed by atoms with Gasteiger partial charge in [-0.15, -0.1) is 0 Å². The van der Waals surface area contributed by atoms with Crippen molar-refractivity contribution in [2.75, 3.05) is 12.4 Å². The first-order valence-electron chi connectivity index (χ1n) is 8.21. The number of benzene rings is 1. The molecule has 0 fully saturated rings. The zero-order valence-corrected chi connectivity index (χ0v) is 14.6. The second kappa shape index (κ2) is 6.17. The highest BCUT2D eigenvalue weighted by molar-refractivity contribution is 6.21. The summed E-state index contributed by atoms with van der Waals surface area (Å²) in [5.74, 6) is -0.482. The Morgan fingerprint density at radius 1 is 1.07 bits per heavy atom. The van der Waals surface area contributed by atoms with Crippen LogP contribution in [0.15, 0.2) is 48.8 Å². The maximum Gasteiger partial charge on any atom is 0.261 e. The largest absolute Gasteiger partial charge is 0.322 e. The second-order valence-electron chi connectivity index (χ2n) is 6.13. The first kappa shape index (κ1) is 16.6. The van der Waals surface area contributed by atoms with Crippen LogP contribution in [0.25, 0.3) is 5.82 Å². The number of amides is 3. The van der Waals surface area contributed by atoms with Crippen molar-refractivity contribution in [3.8, 4) is 5.82 Å². The topological polar surface area (TPSA) is 97.2 Å². The van der Waals surface area contributed by atoms with Gasteiger partial charge in [0.05, 0.1) is 28.6 Å². The minimum absolute atomic E-state index is 0.279. The summed E-state index contributed by atoms with van der Waals surface area (Å²) in [6.07, 6.45) is 3.12. The van der Waals surface area contributed by atoms with Gasteiger partial charge in [0.1, 0.15) is 0 Å². The summed E-state index contributed by atoms with van der Waals surface area (Å²) >= 11 is 0. The summed E-state index contributed by atoms with van der Waals surface area (Å²) in [7, 11) is 1.43. The van der Waals surface area contributed by atoms with E-state index in [0.29, 0.717) is 28.3 Å². The van der Waals surface area contributed by atoms with Crippen LogP contribution in [-0.4, -0.2) is 44.4 Å². The Morgan fingerprint density at radius 2 is 1.85 bits per heavy atom. The molecule has 8 heteroatoms. The van der Waals surface area contributed by atoms with Gasteiger partial charge in [-0.05, 0) is 37.3 Å². The summed E-state index contributed by atoms with van der Waals surface area (Å²) in [4.78, 5) is 42.0. The molecule has 4 rings (SSSR count). The normalized spacial score (nSPS) is 13.0. The summed E-state index contributed by atoms with van der Waals surface area (Å²) in [6.45, 7) is 1.77. The third kappa shape index (κ3) is 2.67. The lowest BCUT2D eigenvalue weighted by Crippen LogP contribution is -2.24. The summed E-state index contributed by atoms with van der Waals surface area (Å²) < 4.78 is 1.58. The van der Waals surface area contributed by atoms with Crippen molar-refractivity contribution < 1.29 is 14.4 Å². The van der Waals surface area contributed by atoms with Gasteiger partial charge in [0.2, 0.25) is 0 Å². The Hall–Kier alpha value is -3.81. The number of nitrogens with zero attached hydrogens (tertiary/aromatic N) is 4. The van der Waals surface area contributed by atoms with Crippen molar-refractivity contribution in [3.05, 3.63) is 71.2 Å². The third-order valence-corrected chi connectivity index (χ3v) is 4.47. The van der Waals surface area contributed by atoms with E-state index in [0.717, 1.165) is 4.90 Å². The first-order chi connectivity index (χ1) is 13.0. The van der Waals surface area contributed by atoms with Gasteiger partial charge < -0.3 is 5.32 Å². The predicted molar refractivity (Wildman–Crippen MR) is 96.9 cm³/mol. The van der Waals surface area contributed by atoms with E-state index >= 15 is 0 Å². The van der Waals surface area contributed by atoms with Crippen LogP contribution in [0.2, 0.25) is 0 Å². The maximum atomic E-state index is 12.6. The Kier molecular flexibility index (Phi) is 3.80. The van der Waals surface area contributed by atoms with Crippen molar-refractivity contribution in [2.24, 2.45) is 0 Å². The van der Waals surface area contributed by atoms with Gasteiger partial charge in [0, 0.05) is 18.9 Å². The smallest absolute Gasteiger partial charge is 0.261 e. The summed E-state index contributed by atoms with van der Waals surface area (Å²) in [5.41, 5.74) is 2.07. The van der Waals surface area contributed by atoms with Crippen LogP contribution in [0.1, 0.15) is 36.8 Å². The molecular weight excluding hydrogens is 346 g/mol. The monoisotopic (exact) mass is 361 g/mol. The first-order valence-corrected chi connectivity index (χ1v) is 8.21. The molecule has 1 aromatic carbocycles. The molecule has 0 atom stereocenters. The molecule has 0 radical (unpaired) electrons. The number of hydrogen-bond donors (Lipinski definition) is 1. The standard InChI is InChI=1S/C19H15N5O3/c1-11-15(10-21-24(11)16-5-3-4-8-20-16)17(25)22-12-6-7-13-14(9-12)19(27)23(2)18(13)26/h3-10H,1-2H3,(H,22,25). The minimum Gasteiger partial charge on any atom is -0.322 e. The van der Waals surface area contributed by atoms with E-state index in [4.69, 9.17) is 0 Å². The number of anilines is 1. The Labute approximate surface area is 154 Å². The number of hydrogen-bond acceptors (Lipinski definition) is 5. The summed E-state index contributed by atoms with van der Waals surface area (Å²) in [6, 6.07) is 10.1. The van der Waals surface area contributed by atoms with Crippen LogP contribution in [0.4, 0.5) is 5.69 Å². The molecule has 1 aliphatic heterocycles. The molecule has 0 spiro atoms. The SMILES string of the molecule is Cc1c(C(=O)Nc2ccc3c(c2)C(=O)N(C)C3=O)cnn1-c1ccccn1. The molecule has 3 aromatic rings. The molecule has 3 amide bonds.